The molecule has 130 valence electrons. The number of aliphatic imine (C=N–C) groups is 1. The highest BCUT2D eigenvalue weighted by Crippen LogP contribution is 2.34. The quantitative estimate of drug-likeness (QED) is 0.278. The van der Waals surface area contributed by atoms with Crippen molar-refractivity contribution >= 4 is 29.9 Å². The van der Waals surface area contributed by atoms with Crippen LogP contribution in [-0.4, -0.2) is 47.5 Å². The van der Waals surface area contributed by atoms with Gasteiger partial charge in [-0.25, -0.2) is 0 Å². The number of ether oxygens (including phenoxy) is 1. The summed E-state index contributed by atoms with van der Waals surface area (Å²) < 4.78 is 5.90. The molecule has 23 heavy (non-hydrogen) atoms. The van der Waals surface area contributed by atoms with Gasteiger partial charge in [-0.1, -0.05) is 0 Å². The molecule has 3 N–H and O–H groups in total. The Bertz CT molecular complexity index is 518. The van der Waals surface area contributed by atoms with Crippen LogP contribution in [-0.2, 0) is 11.2 Å². The fourth-order valence-electron chi connectivity index (χ4n) is 3.37. The Kier molecular flexibility index (Phi) is 7.13. The van der Waals surface area contributed by atoms with Gasteiger partial charge < -0.3 is 15.4 Å². The van der Waals surface area contributed by atoms with E-state index in [1.54, 1.807) is 0 Å². The molecule has 3 heterocycles. The van der Waals surface area contributed by atoms with Crippen LogP contribution in [0.2, 0.25) is 0 Å². The summed E-state index contributed by atoms with van der Waals surface area (Å²) in [5.74, 6) is 0.924. The van der Waals surface area contributed by atoms with Gasteiger partial charge in [0.05, 0.1) is 24.4 Å². The van der Waals surface area contributed by atoms with E-state index in [1.807, 2.05) is 6.20 Å². The maximum Gasteiger partial charge on any atom is 0.191 e. The van der Waals surface area contributed by atoms with Crippen LogP contribution in [0.5, 0.6) is 0 Å². The Balaban J connectivity index is 0.00000192. The van der Waals surface area contributed by atoms with Crippen LogP contribution in [0.25, 0.3) is 0 Å². The number of hydrogen-bond donors (Lipinski definition) is 3. The van der Waals surface area contributed by atoms with Gasteiger partial charge in [-0.3, -0.25) is 10.1 Å². The molecule has 2 bridgehead atoms. The second-order valence-electron chi connectivity index (χ2n) is 6.24. The number of nitrogens with one attached hydrogen (secondary N) is 3. The molecule has 3 unspecified atom stereocenters. The molecule has 0 aromatic carbocycles. The summed E-state index contributed by atoms with van der Waals surface area (Å²) >= 11 is 0. The number of aromatic nitrogens is 2. The number of halogens is 1. The van der Waals surface area contributed by atoms with Gasteiger partial charge in [0.1, 0.15) is 0 Å². The zero-order valence-corrected chi connectivity index (χ0v) is 16.3. The van der Waals surface area contributed by atoms with E-state index in [2.05, 4.69) is 34.7 Å². The van der Waals surface area contributed by atoms with E-state index < -0.39 is 0 Å². The van der Waals surface area contributed by atoms with Gasteiger partial charge in [-0.2, -0.15) is 5.10 Å². The number of aromatic amines is 1. The Morgan fingerprint density at radius 3 is 2.96 bits per heavy atom. The van der Waals surface area contributed by atoms with E-state index >= 15 is 0 Å². The Hall–Kier alpha value is -0.830. The van der Waals surface area contributed by atoms with Gasteiger partial charge in [-0.15, -0.1) is 24.0 Å². The van der Waals surface area contributed by atoms with Crippen LogP contribution < -0.4 is 10.6 Å². The van der Waals surface area contributed by atoms with Gasteiger partial charge in [0.2, 0.25) is 0 Å². The van der Waals surface area contributed by atoms with E-state index in [1.165, 1.54) is 18.4 Å². The number of fused-ring (bicyclic) bond motifs is 2. The van der Waals surface area contributed by atoms with Gasteiger partial charge in [-0.05, 0) is 51.5 Å². The lowest BCUT2D eigenvalue weighted by atomic mass is 9.96. The molecular formula is C16H28IN5O. The van der Waals surface area contributed by atoms with Crippen molar-refractivity contribution in [1.82, 2.24) is 20.8 Å². The van der Waals surface area contributed by atoms with Gasteiger partial charge in [0, 0.05) is 18.8 Å². The first-order valence-corrected chi connectivity index (χ1v) is 8.45. The molecule has 1 aromatic rings. The number of rotatable bonds is 6. The largest absolute Gasteiger partial charge is 0.373 e. The third-order valence-electron chi connectivity index (χ3n) is 4.58. The molecule has 0 spiro atoms. The van der Waals surface area contributed by atoms with Crippen molar-refractivity contribution in [3.8, 4) is 0 Å². The second kappa shape index (κ2) is 8.86. The first-order chi connectivity index (χ1) is 10.8. The van der Waals surface area contributed by atoms with E-state index in [0.717, 1.165) is 44.0 Å². The van der Waals surface area contributed by atoms with Gasteiger partial charge in [0.25, 0.3) is 0 Å². The SMILES string of the molecule is CCNC(=NCCCc1cn[nH]c1C)NC1CC2CCC1O2.I. The van der Waals surface area contributed by atoms with Crippen LogP contribution in [0, 0.1) is 6.92 Å². The maximum atomic E-state index is 5.90. The lowest BCUT2D eigenvalue weighted by Crippen LogP contribution is -2.47. The van der Waals surface area contributed by atoms with Crippen LogP contribution in [0.3, 0.4) is 0 Å². The predicted octanol–water partition coefficient (Wildman–Crippen LogP) is 2.14. The van der Waals surface area contributed by atoms with E-state index in [0.29, 0.717) is 18.2 Å². The molecule has 2 fully saturated rings. The molecule has 2 saturated heterocycles. The molecule has 1 aromatic heterocycles. The summed E-state index contributed by atoms with van der Waals surface area (Å²) in [5, 5.41) is 13.9. The molecule has 3 rings (SSSR count). The second-order valence-corrected chi connectivity index (χ2v) is 6.24. The maximum absolute atomic E-state index is 5.90. The Morgan fingerprint density at radius 2 is 2.35 bits per heavy atom. The van der Waals surface area contributed by atoms with Crippen molar-refractivity contribution < 1.29 is 4.74 Å². The average molecular weight is 433 g/mol. The van der Waals surface area contributed by atoms with E-state index in [9.17, 15) is 0 Å². The minimum Gasteiger partial charge on any atom is -0.373 e. The lowest BCUT2D eigenvalue weighted by molar-refractivity contribution is 0.0992. The summed E-state index contributed by atoms with van der Waals surface area (Å²) in [7, 11) is 0. The summed E-state index contributed by atoms with van der Waals surface area (Å²) in [6.07, 6.45) is 8.32. The molecule has 0 aliphatic carbocycles. The number of nitrogens with zero attached hydrogens (tertiary/aromatic N) is 2. The average Bonchev–Trinajstić information content (AvgIpc) is 3.21. The van der Waals surface area contributed by atoms with Crippen molar-refractivity contribution in [2.24, 2.45) is 4.99 Å². The summed E-state index contributed by atoms with van der Waals surface area (Å²) in [5.41, 5.74) is 2.45. The van der Waals surface area contributed by atoms with Crippen LogP contribution in [0.15, 0.2) is 11.2 Å². The number of H-pyrrole nitrogens is 1. The van der Waals surface area contributed by atoms with Crippen molar-refractivity contribution in [2.45, 2.75) is 64.2 Å². The molecular weight excluding hydrogens is 405 g/mol. The number of aryl methyl sites for hydroxylation is 2. The van der Waals surface area contributed by atoms with Gasteiger partial charge in [0.15, 0.2) is 5.96 Å². The van der Waals surface area contributed by atoms with Crippen molar-refractivity contribution in [3.63, 3.8) is 0 Å². The highest BCUT2D eigenvalue weighted by Gasteiger charge is 2.41. The molecule has 0 amide bonds. The minimum atomic E-state index is 0. The monoisotopic (exact) mass is 433 g/mol. The Morgan fingerprint density at radius 1 is 1.48 bits per heavy atom. The summed E-state index contributed by atoms with van der Waals surface area (Å²) in [6, 6.07) is 0.424. The fraction of sp³-hybridized carbons (Fsp3) is 0.750. The molecule has 3 atom stereocenters. The predicted molar refractivity (Wildman–Crippen MR) is 102 cm³/mol. The highest BCUT2D eigenvalue weighted by molar-refractivity contribution is 14.0. The van der Waals surface area contributed by atoms with Crippen molar-refractivity contribution in [3.05, 3.63) is 17.5 Å². The minimum absolute atomic E-state index is 0. The Labute approximate surface area is 155 Å². The van der Waals surface area contributed by atoms with Crippen LogP contribution in [0.4, 0.5) is 0 Å². The molecule has 7 heteroatoms. The van der Waals surface area contributed by atoms with Crippen molar-refractivity contribution in [2.75, 3.05) is 13.1 Å². The third-order valence-corrected chi connectivity index (χ3v) is 4.58. The number of hydrogen-bond acceptors (Lipinski definition) is 3. The zero-order valence-electron chi connectivity index (χ0n) is 14.0. The smallest absolute Gasteiger partial charge is 0.191 e. The first-order valence-electron chi connectivity index (χ1n) is 8.45. The molecule has 6 nitrogen and oxygen atoms in total. The van der Waals surface area contributed by atoms with Gasteiger partial charge >= 0.3 is 0 Å². The fourth-order valence-corrected chi connectivity index (χ4v) is 3.37. The molecule has 2 aliphatic heterocycles. The zero-order chi connectivity index (χ0) is 15.4. The van der Waals surface area contributed by atoms with E-state index in [-0.39, 0.29) is 24.0 Å². The third kappa shape index (κ3) is 4.82. The summed E-state index contributed by atoms with van der Waals surface area (Å²) in [6.45, 7) is 5.87. The molecule has 2 aliphatic rings. The number of guanidine groups is 1. The standard InChI is InChI=1S/C16H27N5O.HI/c1-3-17-16(20-14-9-13-6-7-15(14)22-13)18-8-4-5-12-10-19-21-11(12)2;/h10,13-15H,3-9H2,1-2H3,(H,19,21)(H2,17,18,20);1H. The highest BCUT2D eigenvalue weighted by atomic mass is 127. The molecule has 0 radical (unpaired) electrons. The van der Waals surface area contributed by atoms with E-state index in [4.69, 9.17) is 9.73 Å². The summed E-state index contributed by atoms with van der Waals surface area (Å²) in [4.78, 5) is 4.70. The van der Waals surface area contributed by atoms with Crippen LogP contribution >= 0.6 is 24.0 Å². The molecule has 0 saturated carbocycles. The normalized spacial score (nSPS) is 26.2. The topological polar surface area (TPSA) is 74.3 Å². The first kappa shape index (κ1) is 18.5. The van der Waals surface area contributed by atoms with Crippen molar-refractivity contribution in [1.29, 1.82) is 0 Å². The van der Waals surface area contributed by atoms with Crippen LogP contribution in [0.1, 0.15) is 43.9 Å². The lowest BCUT2D eigenvalue weighted by Gasteiger charge is -2.22.